The van der Waals surface area contributed by atoms with Gasteiger partial charge in [-0.15, -0.1) is 0 Å². The van der Waals surface area contributed by atoms with Gasteiger partial charge in [-0.1, -0.05) is 32.9 Å². The molecule has 2 rings (SSSR count). The van der Waals surface area contributed by atoms with E-state index >= 15 is 0 Å². The first-order valence-corrected chi connectivity index (χ1v) is 7.90. The molecule has 1 aromatic carbocycles. The molecule has 1 heterocycles. The molecule has 1 fully saturated rings. The molecule has 0 amide bonds. The van der Waals surface area contributed by atoms with Crippen LogP contribution in [0.3, 0.4) is 0 Å². The number of aryl methyl sites for hydroxylation is 1. The van der Waals surface area contributed by atoms with Crippen LogP contribution >= 0.6 is 0 Å². The van der Waals surface area contributed by atoms with Crippen LogP contribution in [0.15, 0.2) is 12.1 Å². The van der Waals surface area contributed by atoms with E-state index in [2.05, 4.69) is 44.7 Å². The summed E-state index contributed by atoms with van der Waals surface area (Å²) in [5.41, 5.74) is 4.12. The van der Waals surface area contributed by atoms with Gasteiger partial charge in [-0.3, -0.25) is 4.90 Å². The molecule has 0 unspecified atom stereocenters. The summed E-state index contributed by atoms with van der Waals surface area (Å²) < 4.78 is 11.1. The summed E-state index contributed by atoms with van der Waals surface area (Å²) in [6, 6.07) is 4.59. The monoisotopic (exact) mass is 291 g/mol. The Kier molecular flexibility index (Phi) is 5.28. The summed E-state index contributed by atoms with van der Waals surface area (Å²) in [6.07, 6.45) is 1.04. The minimum absolute atomic E-state index is 0.171. The van der Waals surface area contributed by atoms with Crippen LogP contribution in [0.4, 0.5) is 0 Å². The van der Waals surface area contributed by atoms with Crippen LogP contribution in [0.5, 0.6) is 5.75 Å². The van der Waals surface area contributed by atoms with Crippen LogP contribution in [0.1, 0.15) is 37.5 Å². The quantitative estimate of drug-likeness (QED) is 0.850. The Balaban J connectivity index is 2.17. The van der Waals surface area contributed by atoms with Crippen LogP contribution in [0, 0.1) is 6.92 Å². The number of nitrogens with zero attached hydrogens (tertiary/aromatic N) is 1. The number of hydrogen-bond donors (Lipinski definition) is 0. The summed E-state index contributed by atoms with van der Waals surface area (Å²) in [4.78, 5) is 2.47. The number of hydrogen-bond acceptors (Lipinski definition) is 3. The molecule has 1 aliphatic rings. The predicted octanol–water partition coefficient (Wildman–Crippen LogP) is 3.18. The maximum Gasteiger partial charge on any atom is 0.125 e. The van der Waals surface area contributed by atoms with Crippen molar-refractivity contribution in [3.05, 3.63) is 28.8 Å². The standard InChI is InChI=1S/C18H29NO2/c1-14-12-16(18(2,3)4)13-15(17(14)20-5)6-7-19-8-10-21-11-9-19/h12-13H,6-11H2,1-5H3. The molecule has 1 saturated heterocycles. The predicted molar refractivity (Wildman–Crippen MR) is 87.4 cm³/mol. The molecule has 0 saturated carbocycles. The highest BCUT2D eigenvalue weighted by molar-refractivity contribution is 5.46. The SMILES string of the molecule is COc1c(C)cc(C(C)(C)C)cc1CCN1CCOCC1. The van der Waals surface area contributed by atoms with Crippen molar-refractivity contribution in [2.45, 2.75) is 39.5 Å². The lowest BCUT2D eigenvalue weighted by atomic mass is 9.84. The van der Waals surface area contributed by atoms with Gasteiger partial charge >= 0.3 is 0 Å². The number of rotatable bonds is 4. The van der Waals surface area contributed by atoms with Crippen LogP contribution in [-0.2, 0) is 16.6 Å². The third kappa shape index (κ3) is 4.21. The Morgan fingerprint density at radius 2 is 1.86 bits per heavy atom. The number of morpholine rings is 1. The molecule has 1 aliphatic heterocycles. The Bertz CT molecular complexity index is 471. The topological polar surface area (TPSA) is 21.7 Å². The zero-order valence-corrected chi connectivity index (χ0v) is 14.2. The Morgan fingerprint density at radius 1 is 1.19 bits per heavy atom. The minimum Gasteiger partial charge on any atom is -0.496 e. The second kappa shape index (κ2) is 6.80. The van der Waals surface area contributed by atoms with Crippen LogP contribution < -0.4 is 4.74 Å². The van der Waals surface area contributed by atoms with E-state index in [1.807, 2.05) is 0 Å². The van der Waals surface area contributed by atoms with E-state index in [1.165, 1.54) is 16.7 Å². The summed E-state index contributed by atoms with van der Waals surface area (Å²) in [5.74, 6) is 1.05. The summed E-state index contributed by atoms with van der Waals surface area (Å²) in [5, 5.41) is 0. The maximum absolute atomic E-state index is 5.64. The second-order valence-electron chi connectivity index (χ2n) is 6.94. The van der Waals surface area contributed by atoms with Gasteiger partial charge in [0.1, 0.15) is 5.75 Å². The van der Waals surface area contributed by atoms with Crippen molar-refractivity contribution < 1.29 is 9.47 Å². The first kappa shape index (κ1) is 16.3. The van der Waals surface area contributed by atoms with E-state index in [0.717, 1.165) is 45.0 Å². The van der Waals surface area contributed by atoms with Gasteiger partial charge in [-0.25, -0.2) is 0 Å². The molecule has 1 aromatic rings. The summed E-state index contributed by atoms with van der Waals surface area (Å²) in [7, 11) is 1.78. The normalized spacial score (nSPS) is 17.0. The van der Waals surface area contributed by atoms with Crippen molar-refractivity contribution in [2.75, 3.05) is 40.0 Å². The highest BCUT2D eigenvalue weighted by atomic mass is 16.5. The molecule has 0 atom stereocenters. The first-order chi connectivity index (χ1) is 9.91. The van der Waals surface area contributed by atoms with E-state index in [-0.39, 0.29) is 5.41 Å². The molecule has 0 bridgehead atoms. The van der Waals surface area contributed by atoms with E-state index in [4.69, 9.17) is 9.47 Å². The maximum atomic E-state index is 5.64. The number of methoxy groups -OCH3 is 1. The third-order valence-electron chi connectivity index (χ3n) is 4.22. The van der Waals surface area contributed by atoms with Gasteiger partial charge in [0.15, 0.2) is 0 Å². The highest BCUT2D eigenvalue weighted by Gasteiger charge is 2.19. The van der Waals surface area contributed by atoms with Crippen molar-refractivity contribution in [3.63, 3.8) is 0 Å². The van der Waals surface area contributed by atoms with E-state index in [9.17, 15) is 0 Å². The zero-order valence-electron chi connectivity index (χ0n) is 14.2. The first-order valence-electron chi connectivity index (χ1n) is 7.90. The van der Waals surface area contributed by atoms with Crippen LogP contribution in [-0.4, -0.2) is 44.9 Å². The molecule has 0 spiro atoms. The largest absolute Gasteiger partial charge is 0.496 e. The third-order valence-corrected chi connectivity index (χ3v) is 4.22. The fraction of sp³-hybridized carbons (Fsp3) is 0.667. The van der Waals surface area contributed by atoms with E-state index < -0.39 is 0 Å². The van der Waals surface area contributed by atoms with Gasteiger partial charge in [0, 0.05) is 19.6 Å². The van der Waals surface area contributed by atoms with Crippen LogP contribution in [0.2, 0.25) is 0 Å². The average Bonchev–Trinajstić information content (AvgIpc) is 2.44. The van der Waals surface area contributed by atoms with E-state index in [0.29, 0.717) is 0 Å². The summed E-state index contributed by atoms with van der Waals surface area (Å²) in [6.45, 7) is 13.8. The molecule has 0 N–H and O–H groups in total. The van der Waals surface area contributed by atoms with Gasteiger partial charge < -0.3 is 9.47 Å². The lowest BCUT2D eigenvalue weighted by Gasteiger charge is -2.27. The molecule has 0 aliphatic carbocycles. The van der Waals surface area contributed by atoms with Crippen molar-refractivity contribution in [1.29, 1.82) is 0 Å². The van der Waals surface area contributed by atoms with Crippen LogP contribution in [0.25, 0.3) is 0 Å². The molecule has 0 radical (unpaired) electrons. The molecular formula is C18H29NO2. The molecular weight excluding hydrogens is 262 g/mol. The fourth-order valence-electron chi connectivity index (χ4n) is 2.86. The molecule has 3 nitrogen and oxygen atoms in total. The fourth-order valence-corrected chi connectivity index (χ4v) is 2.86. The average molecular weight is 291 g/mol. The molecule has 21 heavy (non-hydrogen) atoms. The Labute approximate surface area is 129 Å². The molecule has 0 aromatic heterocycles. The molecule has 118 valence electrons. The van der Waals surface area contributed by atoms with Crippen molar-refractivity contribution >= 4 is 0 Å². The minimum atomic E-state index is 0.171. The summed E-state index contributed by atoms with van der Waals surface area (Å²) >= 11 is 0. The lowest BCUT2D eigenvalue weighted by Crippen LogP contribution is -2.37. The Hall–Kier alpha value is -1.06. The second-order valence-corrected chi connectivity index (χ2v) is 6.94. The van der Waals surface area contributed by atoms with E-state index in [1.54, 1.807) is 7.11 Å². The molecule has 3 heteroatoms. The van der Waals surface area contributed by atoms with Crippen molar-refractivity contribution in [1.82, 2.24) is 4.90 Å². The van der Waals surface area contributed by atoms with Gasteiger partial charge in [0.25, 0.3) is 0 Å². The zero-order chi connectivity index (χ0) is 15.5. The number of ether oxygens (including phenoxy) is 2. The highest BCUT2D eigenvalue weighted by Crippen LogP contribution is 2.31. The lowest BCUT2D eigenvalue weighted by molar-refractivity contribution is 0.0384. The smallest absolute Gasteiger partial charge is 0.125 e. The van der Waals surface area contributed by atoms with Gasteiger partial charge in [-0.2, -0.15) is 0 Å². The number of benzene rings is 1. The van der Waals surface area contributed by atoms with Gasteiger partial charge in [0.05, 0.1) is 20.3 Å². The Morgan fingerprint density at radius 3 is 2.43 bits per heavy atom. The van der Waals surface area contributed by atoms with Gasteiger partial charge in [0.2, 0.25) is 0 Å². The van der Waals surface area contributed by atoms with Crippen molar-refractivity contribution in [2.24, 2.45) is 0 Å². The van der Waals surface area contributed by atoms with Crippen molar-refractivity contribution in [3.8, 4) is 5.75 Å². The van der Waals surface area contributed by atoms with Gasteiger partial charge in [-0.05, 0) is 35.4 Å².